The Morgan fingerprint density at radius 1 is 1.30 bits per heavy atom. The minimum Gasteiger partial charge on any atom is -0.480 e. The number of carbonyl (C=O) groups is 2. The van der Waals surface area contributed by atoms with Crippen LogP contribution in [0, 0.1) is 0 Å². The lowest BCUT2D eigenvalue weighted by molar-refractivity contribution is -0.142. The Hall–Kier alpha value is -1.26. The van der Waals surface area contributed by atoms with E-state index in [4.69, 9.17) is 0 Å². The number of unbranched alkanes of at least 4 members (excludes halogenated alkanes) is 2. The number of hydrogen-bond donors (Lipinski definition) is 2. The number of nitrogens with zero attached hydrogens (tertiary/aromatic N) is 1. The predicted octanol–water partition coefficient (Wildman–Crippen LogP) is 2.99. The van der Waals surface area contributed by atoms with Gasteiger partial charge in [-0.05, 0) is 26.2 Å². The molecule has 1 fully saturated rings. The lowest BCUT2D eigenvalue weighted by atomic mass is 10.1. The van der Waals surface area contributed by atoms with Crippen LogP contribution in [0.15, 0.2) is 0 Å². The highest BCUT2D eigenvalue weighted by Gasteiger charge is 2.31. The summed E-state index contributed by atoms with van der Waals surface area (Å²) in [5, 5.41) is 12.2. The average Bonchev–Trinajstić information content (AvgIpc) is 2.64. The minimum absolute atomic E-state index is 0.103. The number of likely N-dealkylation sites (tertiary alicyclic amines) is 1. The molecule has 20 heavy (non-hydrogen) atoms. The Kier molecular flexibility index (Phi) is 7.41. The molecule has 2 unspecified atom stereocenters. The van der Waals surface area contributed by atoms with E-state index in [2.05, 4.69) is 12.2 Å². The van der Waals surface area contributed by atoms with Crippen molar-refractivity contribution >= 4 is 12.0 Å². The van der Waals surface area contributed by atoms with E-state index in [1.165, 1.54) is 11.3 Å². The van der Waals surface area contributed by atoms with E-state index in [0.29, 0.717) is 13.0 Å². The maximum atomic E-state index is 12.3. The smallest absolute Gasteiger partial charge is 0.326 e. The van der Waals surface area contributed by atoms with Gasteiger partial charge in [-0.1, -0.05) is 39.0 Å². The van der Waals surface area contributed by atoms with Crippen molar-refractivity contribution in [3.8, 4) is 0 Å². The molecule has 0 aliphatic carbocycles. The summed E-state index contributed by atoms with van der Waals surface area (Å²) in [6.45, 7) is 4.68. The highest BCUT2D eigenvalue weighted by atomic mass is 16.4. The van der Waals surface area contributed by atoms with Crippen LogP contribution in [0.3, 0.4) is 0 Å². The number of urea groups is 1. The van der Waals surface area contributed by atoms with Crippen molar-refractivity contribution in [2.45, 2.75) is 77.3 Å². The van der Waals surface area contributed by atoms with Gasteiger partial charge in [-0.15, -0.1) is 0 Å². The second-order valence-corrected chi connectivity index (χ2v) is 5.74. The number of nitrogens with one attached hydrogen (secondary N) is 1. The molecule has 5 nitrogen and oxygen atoms in total. The van der Waals surface area contributed by atoms with Gasteiger partial charge in [-0.3, -0.25) is 0 Å². The van der Waals surface area contributed by atoms with Crippen molar-refractivity contribution < 1.29 is 14.7 Å². The molecule has 2 amide bonds. The van der Waals surface area contributed by atoms with Crippen LogP contribution in [0.4, 0.5) is 4.79 Å². The molecule has 2 N–H and O–H groups in total. The van der Waals surface area contributed by atoms with Gasteiger partial charge < -0.3 is 15.3 Å². The summed E-state index contributed by atoms with van der Waals surface area (Å²) < 4.78 is 0. The fourth-order valence-electron chi connectivity index (χ4n) is 2.67. The zero-order chi connectivity index (χ0) is 15.0. The molecule has 0 radical (unpaired) electrons. The predicted molar refractivity (Wildman–Crippen MR) is 78.7 cm³/mol. The topological polar surface area (TPSA) is 69.6 Å². The van der Waals surface area contributed by atoms with E-state index in [0.717, 1.165) is 38.5 Å². The van der Waals surface area contributed by atoms with Crippen molar-refractivity contribution in [1.29, 1.82) is 0 Å². The van der Waals surface area contributed by atoms with E-state index in [1.54, 1.807) is 0 Å². The van der Waals surface area contributed by atoms with Gasteiger partial charge in [-0.25, -0.2) is 9.59 Å². The van der Waals surface area contributed by atoms with Gasteiger partial charge in [0.2, 0.25) is 0 Å². The second-order valence-electron chi connectivity index (χ2n) is 5.74. The summed E-state index contributed by atoms with van der Waals surface area (Å²) in [6, 6.07) is -0.782. The van der Waals surface area contributed by atoms with E-state index in [-0.39, 0.29) is 12.1 Å². The van der Waals surface area contributed by atoms with Crippen LogP contribution in [0.1, 0.15) is 65.2 Å². The number of hydrogen-bond acceptors (Lipinski definition) is 2. The third-order valence-corrected chi connectivity index (χ3v) is 3.91. The molecule has 1 heterocycles. The number of carbonyl (C=O) groups excluding carboxylic acids is 1. The van der Waals surface area contributed by atoms with Gasteiger partial charge in [0.15, 0.2) is 0 Å². The molecule has 1 aliphatic rings. The molecule has 2 atom stereocenters. The number of carboxylic acid groups (broad SMARTS) is 1. The molecule has 1 saturated heterocycles. The van der Waals surface area contributed by atoms with Crippen LogP contribution in [0.5, 0.6) is 0 Å². The van der Waals surface area contributed by atoms with E-state index >= 15 is 0 Å². The molecule has 0 aromatic heterocycles. The molecule has 5 heteroatoms. The number of aliphatic carboxylic acids is 1. The average molecular weight is 284 g/mol. The van der Waals surface area contributed by atoms with Crippen molar-refractivity contribution in [3.63, 3.8) is 0 Å². The summed E-state index contributed by atoms with van der Waals surface area (Å²) in [7, 11) is 0. The first kappa shape index (κ1) is 16.8. The maximum absolute atomic E-state index is 12.3. The summed E-state index contributed by atoms with van der Waals surface area (Å²) in [4.78, 5) is 25.1. The number of amides is 2. The summed E-state index contributed by atoms with van der Waals surface area (Å²) in [6.07, 6.45) is 7.71. The first-order valence-electron chi connectivity index (χ1n) is 7.86. The Morgan fingerprint density at radius 3 is 2.70 bits per heavy atom. The Balaban J connectivity index is 2.51. The molecule has 116 valence electrons. The zero-order valence-electron chi connectivity index (χ0n) is 12.7. The standard InChI is InChI=1S/C15H28N2O3/c1-3-4-6-9-12(2)16-15(20)17-11-8-5-7-10-13(17)14(18)19/h12-13H,3-11H2,1-2H3,(H,16,20)(H,18,19). The first-order chi connectivity index (χ1) is 9.56. The monoisotopic (exact) mass is 284 g/mol. The number of rotatable bonds is 6. The van der Waals surface area contributed by atoms with Crippen LogP contribution in [-0.4, -0.2) is 40.6 Å². The van der Waals surface area contributed by atoms with Gasteiger partial charge in [0.25, 0.3) is 0 Å². The normalized spacial score (nSPS) is 21.1. The quantitative estimate of drug-likeness (QED) is 0.737. The maximum Gasteiger partial charge on any atom is 0.326 e. The van der Waals surface area contributed by atoms with Crippen LogP contribution < -0.4 is 5.32 Å². The largest absolute Gasteiger partial charge is 0.480 e. The number of carboxylic acids is 1. The van der Waals surface area contributed by atoms with E-state index in [9.17, 15) is 14.7 Å². The van der Waals surface area contributed by atoms with Gasteiger partial charge in [-0.2, -0.15) is 0 Å². The Morgan fingerprint density at radius 2 is 2.05 bits per heavy atom. The van der Waals surface area contributed by atoms with Crippen molar-refractivity contribution in [3.05, 3.63) is 0 Å². The van der Waals surface area contributed by atoms with E-state index < -0.39 is 12.0 Å². The van der Waals surface area contributed by atoms with Crippen LogP contribution in [0.25, 0.3) is 0 Å². The Bertz CT molecular complexity index is 320. The summed E-state index contributed by atoms with van der Waals surface area (Å²) in [5.41, 5.74) is 0. The molecule has 0 aromatic rings. The lowest BCUT2D eigenvalue weighted by Crippen LogP contribution is -2.51. The molecular weight excluding hydrogens is 256 g/mol. The van der Waals surface area contributed by atoms with Gasteiger partial charge in [0.1, 0.15) is 6.04 Å². The highest BCUT2D eigenvalue weighted by Crippen LogP contribution is 2.17. The van der Waals surface area contributed by atoms with Crippen molar-refractivity contribution in [2.24, 2.45) is 0 Å². The van der Waals surface area contributed by atoms with Crippen LogP contribution in [0.2, 0.25) is 0 Å². The molecule has 0 bridgehead atoms. The lowest BCUT2D eigenvalue weighted by Gasteiger charge is -2.28. The second kappa shape index (κ2) is 8.82. The summed E-state index contributed by atoms with van der Waals surface area (Å²) >= 11 is 0. The van der Waals surface area contributed by atoms with Crippen LogP contribution >= 0.6 is 0 Å². The molecule has 1 rings (SSSR count). The molecule has 0 aromatic carbocycles. The van der Waals surface area contributed by atoms with E-state index in [1.807, 2.05) is 6.92 Å². The van der Waals surface area contributed by atoms with Crippen molar-refractivity contribution in [2.75, 3.05) is 6.54 Å². The fourth-order valence-corrected chi connectivity index (χ4v) is 2.67. The van der Waals surface area contributed by atoms with Crippen LogP contribution in [-0.2, 0) is 4.79 Å². The first-order valence-corrected chi connectivity index (χ1v) is 7.86. The molecule has 0 spiro atoms. The zero-order valence-corrected chi connectivity index (χ0v) is 12.7. The van der Waals surface area contributed by atoms with Gasteiger partial charge in [0.05, 0.1) is 0 Å². The van der Waals surface area contributed by atoms with Crippen molar-refractivity contribution in [1.82, 2.24) is 10.2 Å². The third kappa shape index (κ3) is 5.39. The molecule has 0 saturated carbocycles. The third-order valence-electron chi connectivity index (χ3n) is 3.91. The SMILES string of the molecule is CCCCCC(C)NC(=O)N1CCCCCC1C(=O)O. The Labute approximate surface area is 121 Å². The highest BCUT2D eigenvalue weighted by molar-refractivity contribution is 5.82. The van der Waals surface area contributed by atoms with Gasteiger partial charge >= 0.3 is 12.0 Å². The minimum atomic E-state index is -0.888. The molecule has 1 aliphatic heterocycles. The molecular formula is C15H28N2O3. The summed E-state index contributed by atoms with van der Waals surface area (Å²) in [5.74, 6) is -0.888. The van der Waals surface area contributed by atoms with Gasteiger partial charge in [0, 0.05) is 12.6 Å². The fraction of sp³-hybridized carbons (Fsp3) is 0.867.